The van der Waals surface area contributed by atoms with Crippen LogP contribution in [0.25, 0.3) is 6.08 Å². The van der Waals surface area contributed by atoms with Crippen LogP contribution in [0.5, 0.6) is 0 Å². The summed E-state index contributed by atoms with van der Waals surface area (Å²) >= 11 is 1.55. The van der Waals surface area contributed by atoms with E-state index in [4.69, 9.17) is 4.74 Å². The molecule has 0 unspecified atom stereocenters. The predicted octanol–water partition coefficient (Wildman–Crippen LogP) is 3.54. The number of aliphatic imine (C=N–C) groups is 1. The third-order valence-corrected chi connectivity index (χ3v) is 3.71. The average molecular weight is 287 g/mol. The molecule has 0 N–H and O–H groups in total. The van der Waals surface area contributed by atoms with Crippen LogP contribution >= 0.6 is 11.3 Å². The molecule has 20 heavy (non-hydrogen) atoms. The molecule has 0 aliphatic carbocycles. The zero-order valence-electron chi connectivity index (χ0n) is 10.6. The van der Waals surface area contributed by atoms with Gasteiger partial charge in [0.2, 0.25) is 5.90 Å². The Labute approximate surface area is 119 Å². The van der Waals surface area contributed by atoms with Gasteiger partial charge in [0, 0.05) is 9.75 Å². The summed E-state index contributed by atoms with van der Waals surface area (Å²) in [4.78, 5) is 17.9. The van der Waals surface area contributed by atoms with Crippen molar-refractivity contribution in [2.45, 2.75) is 6.92 Å². The minimum atomic E-state index is -0.561. The topological polar surface area (TPSA) is 38.7 Å². The first-order valence-electron chi connectivity index (χ1n) is 5.97. The summed E-state index contributed by atoms with van der Waals surface area (Å²) in [6.07, 6.45) is 1.65. The highest BCUT2D eigenvalue weighted by Gasteiger charge is 2.25. The molecule has 1 aromatic carbocycles. The number of carbonyl (C=O) groups is 1. The van der Waals surface area contributed by atoms with Gasteiger partial charge in [-0.1, -0.05) is 12.1 Å². The van der Waals surface area contributed by atoms with E-state index >= 15 is 0 Å². The smallest absolute Gasteiger partial charge is 0.363 e. The van der Waals surface area contributed by atoms with Gasteiger partial charge >= 0.3 is 5.97 Å². The number of rotatable bonds is 2. The highest BCUT2D eigenvalue weighted by Crippen LogP contribution is 2.23. The minimum Gasteiger partial charge on any atom is -0.402 e. The summed E-state index contributed by atoms with van der Waals surface area (Å²) in [5, 5.41) is 0. The fourth-order valence-electron chi connectivity index (χ4n) is 1.82. The van der Waals surface area contributed by atoms with Gasteiger partial charge in [-0.2, -0.15) is 0 Å². The van der Waals surface area contributed by atoms with Crippen LogP contribution in [0.4, 0.5) is 4.39 Å². The monoisotopic (exact) mass is 287 g/mol. The van der Waals surface area contributed by atoms with Crippen molar-refractivity contribution in [2.75, 3.05) is 0 Å². The molecule has 1 aliphatic heterocycles. The van der Waals surface area contributed by atoms with Gasteiger partial charge in [-0.15, -0.1) is 11.3 Å². The Morgan fingerprint density at radius 2 is 2.05 bits per heavy atom. The molecule has 3 nitrogen and oxygen atoms in total. The average Bonchev–Trinajstić information content (AvgIpc) is 2.98. The van der Waals surface area contributed by atoms with Gasteiger partial charge in [0.25, 0.3) is 0 Å². The normalized spacial score (nSPS) is 16.4. The lowest BCUT2D eigenvalue weighted by Gasteiger charge is -1.99. The first-order chi connectivity index (χ1) is 9.63. The zero-order chi connectivity index (χ0) is 14.1. The molecule has 2 aromatic rings. The van der Waals surface area contributed by atoms with Gasteiger partial charge in [0.05, 0.1) is 5.56 Å². The Morgan fingerprint density at radius 1 is 1.25 bits per heavy atom. The van der Waals surface area contributed by atoms with Crippen molar-refractivity contribution < 1.29 is 13.9 Å². The molecule has 1 aromatic heterocycles. The highest BCUT2D eigenvalue weighted by molar-refractivity contribution is 7.12. The standard InChI is InChI=1S/C15H10FNO2S/c1-9-6-7-10(20-9)8-13-15(18)19-14(17-13)11-4-2-3-5-12(11)16/h2-8H,1H3/b13-8-. The molecular formula is C15H10FNO2S. The predicted molar refractivity (Wildman–Crippen MR) is 76.1 cm³/mol. The number of hydrogen-bond acceptors (Lipinski definition) is 4. The summed E-state index contributed by atoms with van der Waals surface area (Å²) in [6.45, 7) is 1.98. The lowest BCUT2D eigenvalue weighted by Crippen LogP contribution is -2.07. The number of halogens is 1. The Balaban J connectivity index is 1.97. The summed E-state index contributed by atoms with van der Waals surface area (Å²) < 4.78 is 18.7. The number of hydrogen-bond donors (Lipinski definition) is 0. The van der Waals surface area contributed by atoms with E-state index in [9.17, 15) is 9.18 Å². The van der Waals surface area contributed by atoms with Crippen LogP contribution < -0.4 is 0 Å². The molecule has 1 aliphatic rings. The van der Waals surface area contributed by atoms with Gasteiger partial charge in [-0.25, -0.2) is 14.2 Å². The van der Waals surface area contributed by atoms with Crippen molar-refractivity contribution in [3.8, 4) is 0 Å². The van der Waals surface area contributed by atoms with Gasteiger partial charge in [-0.3, -0.25) is 0 Å². The van der Waals surface area contributed by atoms with Crippen molar-refractivity contribution in [1.29, 1.82) is 0 Å². The molecular weight excluding hydrogens is 277 g/mol. The van der Waals surface area contributed by atoms with Gasteiger partial charge < -0.3 is 4.74 Å². The molecule has 3 rings (SSSR count). The highest BCUT2D eigenvalue weighted by atomic mass is 32.1. The lowest BCUT2D eigenvalue weighted by atomic mass is 10.2. The van der Waals surface area contributed by atoms with Crippen LogP contribution in [0, 0.1) is 12.7 Å². The molecule has 100 valence electrons. The van der Waals surface area contributed by atoms with Crippen molar-refractivity contribution in [1.82, 2.24) is 0 Å². The molecule has 0 amide bonds. The molecule has 0 saturated heterocycles. The number of cyclic esters (lactones) is 1. The van der Waals surface area contributed by atoms with Gasteiger partial charge in [0.1, 0.15) is 5.82 Å². The number of benzene rings is 1. The molecule has 0 radical (unpaired) electrons. The Kier molecular flexibility index (Phi) is 3.20. The summed E-state index contributed by atoms with van der Waals surface area (Å²) in [5.74, 6) is -1.02. The van der Waals surface area contributed by atoms with Crippen LogP contribution in [0.1, 0.15) is 15.3 Å². The number of aryl methyl sites for hydroxylation is 1. The third-order valence-electron chi connectivity index (χ3n) is 2.76. The third kappa shape index (κ3) is 2.40. The fourth-order valence-corrected chi connectivity index (χ4v) is 2.64. The maximum atomic E-state index is 13.6. The molecule has 0 bridgehead atoms. The second-order valence-corrected chi connectivity index (χ2v) is 5.58. The Hall–Kier alpha value is -2.27. The molecule has 0 atom stereocenters. The SMILES string of the molecule is Cc1ccc(/C=C2\N=C(c3ccccc3F)OC2=O)s1. The van der Waals surface area contributed by atoms with Crippen LogP contribution in [0.3, 0.4) is 0 Å². The first-order valence-corrected chi connectivity index (χ1v) is 6.79. The van der Waals surface area contributed by atoms with E-state index in [0.717, 1.165) is 9.75 Å². The van der Waals surface area contributed by atoms with Gasteiger partial charge in [-0.05, 0) is 37.3 Å². The zero-order valence-corrected chi connectivity index (χ0v) is 11.4. The number of ether oxygens (including phenoxy) is 1. The molecule has 0 fully saturated rings. The van der Waals surface area contributed by atoms with Crippen molar-refractivity contribution in [2.24, 2.45) is 4.99 Å². The Bertz CT molecular complexity index is 746. The number of carbonyl (C=O) groups excluding carboxylic acids is 1. The van der Waals surface area contributed by atoms with Crippen LogP contribution in [0.2, 0.25) is 0 Å². The summed E-state index contributed by atoms with van der Waals surface area (Å²) in [6, 6.07) is 9.92. The number of esters is 1. The molecule has 0 saturated carbocycles. The Morgan fingerprint density at radius 3 is 2.75 bits per heavy atom. The molecule has 0 spiro atoms. The van der Waals surface area contributed by atoms with Crippen molar-refractivity contribution in [3.05, 3.63) is 63.2 Å². The van der Waals surface area contributed by atoms with Crippen molar-refractivity contribution in [3.63, 3.8) is 0 Å². The maximum Gasteiger partial charge on any atom is 0.363 e. The second kappa shape index (κ2) is 5.02. The van der Waals surface area contributed by atoms with Crippen LogP contribution in [0.15, 0.2) is 47.1 Å². The van der Waals surface area contributed by atoms with Crippen molar-refractivity contribution >= 4 is 29.3 Å². The second-order valence-electron chi connectivity index (χ2n) is 4.26. The number of nitrogens with zero attached hydrogens (tertiary/aromatic N) is 1. The van der Waals surface area contributed by atoms with E-state index < -0.39 is 11.8 Å². The minimum absolute atomic E-state index is 0.00706. The molecule has 2 heterocycles. The van der Waals surface area contributed by atoms with Crippen LogP contribution in [-0.4, -0.2) is 11.9 Å². The largest absolute Gasteiger partial charge is 0.402 e. The maximum absolute atomic E-state index is 13.6. The van der Waals surface area contributed by atoms with E-state index in [-0.39, 0.29) is 17.2 Å². The molecule has 5 heteroatoms. The quantitative estimate of drug-likeness (QED) is 0.626. The van der Waals surface area contributed by atoms with E-state index in [1.807, 2.05) is 19.1 Å². The number of thiophene rings is 1. The first kappa shape index (κ1) is 12.7. The van der Waals surface area contributed by atoms with E-state index in [0.29, 0.717) is 0 Å². The van der Waals surface area contributed by atoms with E-state index in [2.05, 4.69) is 4.99 Å². The fraction of sp³-hybridized carbons (Fsp3) is 0.0667. The van der Waals surface area contributed by atoms with Crippen LogP contribution in [-0.2, 0) is 9.53 Å². The van der Waals surface area contributed by atoms with Gasteiger partial charge in [0.15, 0.2) is 5.70 Å². The summed E-state index contributed by atoms with van der Waals surface area (Å²) in [7, 11) is 0. The summed E-state index contributed by atoms with van der Waals surface area (Å²) in [5.41, 5.74) is 0.372. The van der Waals surface area contributed by atoms with E-state index in [1.165, 1.54) is 12.1 Å². The van der Waals surface area contributed by atoms with E-state index in [1.54, 1.807) is 29.5 Å². The lowest BCUT2D eigenvalue weighted by molar-refractivity contribution is -0.129.